The summed E-state index contributed by atoms with van der Waals surface area (Å²) in [5.74, 6) is -1.06. The van der Waals surface area contributed by atoms with E-state index in [1.807, 2.05) is 0 Å². The number of nitrogens with one attached hydrogen (secondary N) is 1. The van der Waals surface area contributed by atoms with Crippen LogP contribution >= 0.6 is 0 Å². The van der Waals surface area contributed by atoms with Gasteiger partial charge in [-0.05, 0) is 52.4 Å². The molecule has 0 spiro atoms. The number of piperazine rings is 1. The lowest BCUT2D eigenvalue weighted by atomic mass is 9.79. The Hall–Kier alpha value is -1.81. The van der Waals surface area contributed by atoms with Crippen LogP contribution in [0.15, 0.2) is 4.52 Å². The number of hydrogen-bond acceptors (Lipinski definition) is 6. The normalized spacial score (nSPS) is 29.9. The monoisotopic (exact) mass is 494 g/mol. The summed E-state index contributed by atoms with van der Waals surface area (Å²) >= 11 is 0. The van der Waals surface area contributed by atoms with Gasteiger partial charge < -0.3 is 14.7 Å². The van der Waals surface area contributed by atoms with Gasteiger partial charge in [-0.25, -0.2) is 13.6 Å². The van der Waals surface area contributed by atoms with Crippen molar-refractivity contribution in [2.45, 2.75) is 101 Å². The zero-order chi connectivity index (χ0) is 24.8. The van der Waals surface area contributed by atoms with Gasteiger partial charge in [0.05, 0.1) is 0 Å². The molecule has 0 aromatic carbocycles. The third kappa shape index (κ3) is 5.19. The molecule has 35 heavy (non-hydrogen) atoms. The van der Waals surface area contributed by atoms with Crippen LogP contribution in [-0.2, 0) is 5.41 Å². The first-order valence-electron chi connectivity index (χ1n) is 13.4. The van der Waals surface area contributed by atoms with Crippen molar-refractivity contribution < 1.29 is 18.1 Å². The minimum Gasteiger partial charge on any atom is -0.339 e. The van der Waals surface area contributed by atoms with Crippen LogP contribution in [0.2, 0.25) is 0 Å². The Morgan fingerprint density at radius 2 is 1.74 bits per heavy atom. The zero-order valence-corrected chi connectivity index (χ0v) is 21.3. The maximum Gasteiger partial charge on any atom is 0.317 e. The fraction of sp³-hybridized carbons (Fsp3) is 0.880. The molecule has 2 saturated heterocycles. The Morgan fingerprint density at radius 3 is 2.37 bits per heavy atom. The summed E-state index contributed by atoms with van der Waals surface area (Å²) in [5.41, 5.74) is -0.263. The Bertz CT molecular complexity index is 888. The van der Waals surface area contributed by atoms with Crippen molar-refractivity contribution >= 4 is 6.03 Å². The van der Waals surface area contributed by atoms with Gasteiger partial charge in [0.2, 0.25) is 5.89 Å². The lowest BCUT2D eigenvalue weighted by Gasteiger charge is -2.48. The Labute approximate surface area is 206 Å². The van der Waals surface area contributed by atoms with Gasteiger partial charge in [-0.3, -0.25) is 9.80 Å². The summed E-state index contributed by atoms with van der Waals surface area (Å²) in [6, 6.07) is -1.40. The third-order valence-electron chi connectivity index (χ3n) is 8.74. The van der Waals surface area contributed by atoms with Crippen molar-refractivity contribution in [2.75, 3.05) is 39.3 Å². The molecule has 4 fully saturated rings. The minimum atomic E-state index is -2.90. The maximum atomic E-state index is 15.1. The van der Waals surface area contributed by atoms with Crippen molar-refractivity contribution in [3.05, 3.63) is 11.7 Å². The number of likely N-dealkylation sites (tertiary alicyclic amines) is 1. The van der Waals surface area contributed by atoms with E-state index in [2.05, 4.69) is 46.0 Å². The molecule has 4 aliphatic rings. The van der Waals surface area contributed by atoms with Gasteiger partial charge in [-0.15, -0.1) is 0 Å². The van der Waals surface area contributed by atoms with E-state index in [0.717, 1.165) is 44.9 Å². The quantitative estimate of drug-likeness (QED) is 0.674. The summed E-state index contributed by atoms with van der Waals surface area (Å²) in [5, 5.41) is 7.01. The predicted molar refractivity (Wildman–Crippen MR) is 128 cm³/mol. The smallest absolute Gasteiger partial charge is 0.317 e. The number of urea groups is 1. The molecule has 10 heteroatoms. The van der Waals surface area contributed by atoms with Crippen LogP contribution in [0, 0.1) is 0 Å². The molecule has 2 aliphatic carbocycles. The summed E-state index contributed by atoms with van der Waals surface area (Å²) < 4.78 is 35.7. The molecule has 1 aromatic heterocycles. The van der Waals surface area contributed by atoms with Crippen LogP contribution in [0.1, 0.15) is 83.3 Å². The number of rotatable bonds is 5. The molecular formula is C25H40F2N6O2. The number of amides is 2. The average Bonchev–Trinajstić information content (AvgIpc) is 3.56. The van der Waals surface area contributed by atoms with Crippen LogP contribution in [0.3, 0.4) is 0 Å². The number of carbonyl (C=O) groups is 1. The molecule has 3 heterocycles. The predicted octanol–water partition coefficient (Wildman–Crippen LogP) is 3.59. The summed E-state index contributed by atoms with van der Waals surface area (Å²) in [7, 11) is 0. The fourth-order valence-electron chi connectivity index (χ4n) is 5.96. The first-order valence-corrected chi connectivity index (χ1v) is 13.4. The molecule has 196 valence electrons. The van der Waals surface area contributed by atoms with Crippen LogP contribution in [0.4, 0.5) is 13.6 Å². The molecule has 2 atom stereocenters. The van der Waals surface area contributed by atoms with E-state index >= 15 is 8.78 Å². The van der Waals surface area contributed by atoms with Crippen molar-refractivity contribution in [2.24, 2.45) is 0 Å². The van der Waals surface area contributed by atoms with Crippen LogP contribution in [-0.4, -0.2) is 94.2 Å². The van der Waals surface area contributed by atoms with Gasteiger partial charge in [0.1, 0.15) is 6.04 Å². The van der Waals surface area contributed by atoms with Crippen molar-refractivity contribution in [3.63, 3.8) is 0 Å². The number of carbonyl (C=O) groups excluding carboxylic acids is 1. The third-order valence-corrected chi connectivity index (χ3v) is 8.74. The summed E-state index contributed by atoms with van der Waals surface area (Å²) in [6.07, 6.45) is 4.60. The van der Waals surface area contributed by atoms with E-state index in [1.54, 1.807) is 4.90 Å². The number of nitrogens with zero attached hydrogens (tertiary/aromatic N) is 5. The molecule has 1 N–H and O–H groups in total. The first kappa shape index (κ1) is 24.9. The topological polar surface area (TPSA) is 77.7 Å². The van der Waals surface area contributed by atoms with E-state index in [1.165, 1.54) is 0 Å². The number of aromatic nitrogens is 2. The first-order chi connectivity index (χ1) is 16.7. The van der Waals surface area contributed by atoms with E-state index in [-0.39, 0.29) is 23.9 Å². The highest BCUT2D eigenvalue weighted by Gasteiger charge is 2.50. The molecule has 1 unspecified atom stereocenters. The van der Waals surface area contributed by atoms with Crippen molar-refractivity contribution in [1.29, 1.82) is 0 Å². The Morgan fingerprint density at radius 1 is 1.06 bits per heavy atom. The molecular weight excluding hydrogens is 454 g/mol. The number of hydrogen-bond donors (Lipinski definition) is 1. The highest BCUT2D eigenvalue weighted by molar-refractivity contribution is 5.75. The summed E-state index contributed by atoms with van der Waals surface area (Å²) in [4.78, 5) is 24.0. The van der Waals surface area contributed by atoms with Gasteiger partial charge in [-0.2, -0.15) is 4.98 Å². The Kier molecular flexibility index (Phi) is 6.80. The molecule has 5 rings (SSSR count). The lowest BCUT2D eigenvalue weighted by molar-refractivity contribution is -0.0973. The van der Waals surface area contributed by atoms with Crippen LogP contribution < -0.4 is 5.32 Å². The highest BCUT2D eigenvalue weighted by atomic mass is 19.3. The number of alkyl halides is 2. The molecule has 8 nitrogen and oxygen atoms in total. The van der Waals surface area contributed by atoms with Gasteiger partial charge in [0.15, 0.2) is 5.82 Å². The number of piperidine rings is 1. The average molecular weight is 495 g/mol. The largest absolute Gasteiger partial charge is 0.339 e. The second-order valence-electron chi connectivity index (χ2n) is 11.6. The van der Waals surface area contributed by atoms with Gasteiger partial charge >= 0.3 is 6.03 Å². The van der Waals surface area contributed by atoms with Gasteiger partial charge in [0.25, 0.3) is 5.92 Å². The van der Waals surface area contributed by atoms with Crippen LogP contribution in [0.5, 0.6) is 0 Å². The molecule has 0 bridgehead atoms. The molecule has 0 radical (unpaired) electrons. The van der Waals surface area contributed by atoms with Crippen molar-refractivity contribution in [1.82, 2.24) is 30.2 Å². The lowest BCUT2D eigenvalue weighted by Crippen LogP contribution is -2.66. The van der Waals surface area contributed by atoms with Gasteiger partial charge in [0, 0.05) is 69.1 Å². The minimum absolute atomic E-state index is 0.167. The van der Waals surface area contributed by atoms with E-state index in [4.69, 9.17) is 4.52 Å². The summed E-state index contributed by atoms with van der Waals surface area (Å²) in [6.45, 7) is 10.7. The van der Waals surface area contributed by atoms with Gasteiger partial charge in [-0.1, -0.05) is 12.1 Å². The second kappa shape index (κ2) is 9.57. The molecule has 1 aromatic rings. The fourth-order valence-corrected chi connectivity index (χ4v) is 5.96. The van der Waals surface area contributed by atoms with Crippen molar-refractivity contribution in [3.8, 4) is 0 Å². The SMILES string of the molecule is CC(C)N1CCN(C2CCCC(F)(F)[C@@H]2NC(=O)N2CCC(C)(c3noc(C4CC4)n3)CC2)CC1. The highest BCUT2D eigenvalue weighted by Crippen LogP contribution is 2.41. The van der Waals surface area contributed by atoms with E-state index < -0.39 is 12.0 Å². The number of halogens is 2. The maximum absolute atomic E-state index is 15.1. The van der Waals surface area contributed by atoms with E-state index in [9.17, 15) is 4.79 Å². The molecule has 2 aliphatic heterocycles. The standard InChI is InChI=1S/C25H40F2N6O2/c1-17(2)31-13-15-32(16-14-31)19-5-4-8-25(26,27)20(19)28-23(34)33-11-9-24(3,10-12-33)22-29-21(35-30-22)18-6-7-18/h17-20H,4-16H2,1-3H3,(H,28,34)/t19?,20-/m1/s1. The zero-order valence-electron chi connectivity index (χ0n) is 21.3. The van der Waals surface area contributed by atoms with E-state index in [0.29, 0.717) is 56.6 Å². The Balaban J connectivity index is 1.20. The second-order valence-corrected chi connectivity index (χ2v) is 11.6. The molecule has 2 saturated carbocycles. The molecule has 2 amide bonds. The van der Waals surface area contributed by atoms with Crippen LogP contribution in [0.25, 0.3) is 0 Å².